The third kappa shape index (κ3) is 3.94. The second-order valence-corrected chi connectivity index (χ2v) is 5.50. The van der Waals surface area contributed by atoms with Crippen LogP contribution >= 0.6 is 15.9 Å². The molecule has 1 fully saturated rings. The summed E-state index contributed by atoms with van der Waals surface area (Å²) in [6.45, 7) is 0.606. The van der Waals surface area contributed by atoms with Crippen molar-refractivity contribution in [3.05, 3.63) is 28.2 Å². The first-order chi connectivity index (χ1) is 9.97. The van der Waals surface area contributed by atoms with Crippen molar-refractivity contribution >= 4 is 39.5 Å². The van der Waals surface area contributed by atoms with Gasteiger partial charge in [0.15, 0.2) is 0 Å². The Morgan fingerprint density at radius 2 is 2.14 bits per heavy atom. The highest BCUT2D eigenvalue weighted by Crippen LogP contribution is 2.21. The van der Waals surface area contributed by atoms with Crippen LogP contribution in [0.4, 0.5) is 10.5 Å². The van der Waals surface area contributed by atoms with Crippen molar-refractivity contribution in [3.63, 3.8) is 0 Å². The largest absolute Gasteiger partial charge is 0.478 e. The zero-order chi connectivity index (χ0) is 15.4. The smallest absolute Gasteiger partial charge is 0.337 e. The van der Waals surface area contributed by atoms with Gasteiger partial charge in [0.25, 0.3) is 0 Å². The summed E-state index contributed by atoms with van der Waals surface area (Å²) in [5, 5.41) is 16.8. The number of nitrogens with one attached hydrogen (secondary N) is 3. The number of benzene rings is 1. The molecule has 112 valence electrons. The predicted molar refractivity (Wildman–Crippen MR) is 79.3 cm³/mol. The minimum absolute atomic E-state index is 0.0346. The first kappa shape index (κ1) is 15.3. The Kier molecular flexibility index (Phi) is 4.79. The molecule has 1 unspecified atom stereocenters. The zero-order valence-electron chi connectivity index (χ0n) is 11.0. The standard InChI is InChI=1S/C13H14BrN3O4/c14-7-3-4-9(8(6-7)12(19)20)16-13(21)17-10-2-1-5-15-11(10)18/h3-4,6,10H,1-2,5H2,(H,15,18)(H,19,20)(H2,16,17,21). The van der Waals surface area contributed by atoms with E-state index in [1.54, 1.807) is 6.07 Å². The molecule has 0 aliphatic carbocycles. The number of carboxylic acid groups (broad SMARTS) is 1. The van der Waals surface area contributed by atoms with Gasteiger partial charge in [0.1, 0.15) is 6.04 Å². The fourth-order valence-electron chi connectivity index (χ4n) is 2.03. The molecule has 0 aromatic heterocycles. The number of carboxylic acids is 1. The quantitative estimate of drug-likeness (QED) is 0.659. The van der Waals surface area contributed by atoms with E-state index in [1.165, 1.54) is 12.1 Å². The molecule has 1 atom stereocenters. The molecular formula is C13H14BrN3O4. The summed E-state index contributed by atoms with van der Waals surface area (Å²) in [4.78, 5) is 34.6. The fraction of sp³-hybridized carbons (Fsp3) is 0.308. The van der Waals surface area contributed by atoms with Crippen LogP contribution in [0, 0.1) is 0 Å². The number of carbonyl (C=O) groups excluding carboxylic acids is 2. The molecule has 1 aromatic carbocycles. The normalized spacial score (nSPS) is 17.8. The summed E-state index contributed by atoms with van der Waals surface area (Å²) in [7, 11) is 0. The van der Waals surface area contributed by atoms with Crippen molar-refractivity contribution in [2.24, 2.45) is 0 Å². The van der Waals surface area contributed by atoms with E-state index < -0.39 is 18.0 Å². The fourth-order valence-corrected chi connectivity index (χ4v) is 2.39. The lowest BCUT2D eigenvalue weighted by molar-refractivity contribution is -0.124. The number of aromatic carboxylic acids is 1. The molecule has 3 amide bonds. The van der Waals surface area contributed by atoms with Crippen LogP contribution in [0.5, 0.6) is 0 Å². The van der Waals surface area contributed by atoms with E-state index in [1.807, 2.05) is 0 Å². The van der Waals surface area contributed by atoms with Gasteiger partial charge >= 0.3 is 12.0 Å². The summed E-state index contributed by atoms with van der Waals surface area (Å²) in [5.74, 6) is -1.38. The monoisotopic (exact) mass is 355 g/mol. The molecule has 4 N–H and O–H groups in total. The van der Waals surface area contributed by atoms with Crippen LogP contribution in [0.3, 0.4) is 0 Å². The van der Waals surface area contributed by atoms with E-state index in [0.29, 0.717) is 17.4 Å². The van der Waals surface area contributed by atoms with Crippen LogP contribution < -0.4 is 16.0 Å². The number of rotatable bonds is 3. The molecule has 7 nitrogen and oxygen atoms in total. The Labute approximate surface area is 129 Å². The summed E-state index contributed by atoms with van der Waals surface area (Å²) >= 11 is 3.17. The van der Waals surface area contributed by atoms with Gasteiger partial charge in [-0.2, -0.15) is 0 Å². The van der Waals surface area contributed by atoms with Crippen LogP contribution in [0.1, 0.15) is 23.2 Å². The van der Waals surface area contributed by atoms with Crippen LogP contribution in [0.25, 0.3) is 0 Å². The predicted octanol–water partition coefficient (Wildman–Crippen LogP) is 1.55. The van der Waals surface area contributed by atoms with Gasteiger partial charge in [0.05, 0.1) is 11.3 Å². The van der Waals surface area contributed by atoms with Gasteiger partial charge < -0.3 is 21.1 Å². The first-order valence-corrected chi connectivity index (χ1v) is 7.15. The summed E-state index contributed by atoms with van der Waals surface area (Å²) in [6, 6.07) is 3.29. The van der Waals surface area contributed by atoms with Crippen molar-refractivity contribution in [3.8, 4) is 0 Å². The second kappa shape index (κ2) is 6.57. The van der Waals surface area contributed by atoms with Crippen molar-refractivity contribution in [2.45, 2.75) is 18.9 Å². The van der Waals surface area contributed by atoms with Gasteiger partial charge in [-0.05, 0) is 31.0 Å². The highest BCUT2D eigenvalue weighted by atomic mass is 79.9. The molecule has 0 spiro atoms. The minimum atomic E-state index is -1.15. The van der Waals surface area contributed by atoms with Crippen molar-refractivity contribution in [1.29, 1.82) is 0 Å². The topological polar surface area (TPSA) is 108 Å². The number of urea groups is 1. The number of hydrogen-bond donors (Lipinski definition) is 4. The summed E-state index contributed by atoms with van der Waals surface area (Å²) < 4.78 is 0.595. The Morgan fingerprint density at radius 1 is 1.38 bits per heavy atom. The van der Waals surface area contributed by atoms with Crippen molar-refractivity contribution in [1.82, 2.24) is 10.6 Å². The molecule has 1 aliphatic heterocycles. The van der Waals surface area contributed by atoms with Gasteiger partial charge in [-0.15, -0.1) is 0 Å². The Balaban J connectivity index is 2.05. The molecule has 0 radical (unpaired) electrons. The number of carbonyl (C=O) groups is 3. The highest BCUT2D eigenvalue weighted by molar-refractivity contribution is 9.10. The SMILES string of the molecule is O=C(Nc1ccc(Br)cc1C(=O)O)NC1CCCNC1=O. The lowest BCUT2D eigenvalue weighted by atomic mass is 10.1. The van der Waals surface area contributed by atoms with Gasteiger partial charge in [0, 0.05) is 11.0 Å². The average Bonchev–Trinajstić information content (AvgIpc) is 2.43. The van der Waals surface area contributed by atoms with Crippen LogP contribution in [0.2, 0.25) is 0 Å². The van der Waals surface area contributed by atoms with E-state index in [0.717, 1.165) is 6.42 Å². The molecule has 1 heterocycles. The van der Waals surface area contributed by atoms with E-state index in [-0.39, 0.29) is 17.2 Å². The molecule has 0 bridgehead atoms. The van der Waals surface area contributed by atoms with Crippen LogP contribution in [-0.4, -0.2) is 35.6 Å². The third-order valence-electron chi connectivity index (χ3n) is 3.05. The summed E-state index contributed by atoms with van der Waals surface area (Å²) in [6.07, 6.45) is 1.35. The van der Waals surface area contributed by atoms with E-state index in [2.05, 4.69) is 31.9 Å². The van der Waals surface area contributed by atoms with Gasteiger partial charge in [-0.3, -0.25) is 4.79 Å². The zero-order valence-corrected chi connectivity index (χ0v) is 12.6. The van der Waals surface area contributed by atoms with E-state index in [4.69, 9.17) is 5.11 Å². The van der Waals surface area contributed by atoms with Crippen LogP contribution in [0.15, 0.2) is 22.7 Å². The average molecular weight is 356 g/mol. The first-order valence-electron chi connectivity index (χ1n) is 6.35. The van der Waals surface area contributed by atoms with Gasteiger partial charge in [-0.25, -0.2) is 9.59 Å². The van der Waals surface area contributed by atoms with Crippen molar-refractivity contribution < 1.29 is 19.5 Å². The number of halogens is 1. The third-order valence-corrected chi connectivity index (χ3v) is 3.54. The molecule has 1 aliphatic rings. The summed E-state index contributed by atoms with van der Waals surface area (Å²) in [5.41, 5.74) is 0.132. The number of anilines is 1. The lowest BCUT2D eigenvalue weighted by Gasteiger charge is -2.23. The van der Waals surface area contributed by atoms with Gasteiger partial charge in [0.2, 0.25) is 5.91 Å². The maximum atomic E-state index is 11.9. The van der Waals surface area contributed by atoms with E-state index in [9.17, 15) is 14.4 Å². The lowest BCUT2D eigenvalue weighted by Crippen LogP contribution is -2.51. The maximum absolute atomic E-state index is 11.9. The minimum Gasteiger partial charge on any atom is -0.478 e. The molecule has 2 rings (SSSR count). The van der Waals surface area contributed by atoms with Crippen molar-refractivity contribution in [2.75, 3.05) is 11.9 Å². The Bertz CT molecular complexity index is 591. The number of amides is 3. The Morgan fingerprint density at radius 3 is 2.81 bits per heavy atom. The molecule has 0 saturated carbocycles. The Hall–Kier alpha value is -2.09. The molecular weight excluding hydrogens is 342 g/mol. The molecule has 21 heavy (non-hydrogen) atoms. The second-order valence-electron chi connectivity index (χ2n) is 4.58. The number of hydrogen-bond acceptors (Lipinski definition) is 3. The molecule has 1 saturated heterocycles. The number of piperidine rings is 1. The maximum Gasteiger partial charge on any atom is 0.337 e. The molecule has 8 heteroatoms. The van der Waals surface area contributed by atoms with E-state index >= 15 is 0 Å². The molecule has 1 aromatic rings. The van der Waals surface area contributed by atoms with Crippen LogP contribution in [-0.2, 0) is 4.79 Å². The highest BCUT2D eigenvalue weighted by Gasteiger charge is 2.24. The van der Waals surface area contributed by atoms with Gasteiger partial charge in [-0.1, -0.05) is 15.9 Å².